The van der Waals surface area contributed by atoms with Gasteiger partial charge in [-0.15, -0.1) is 0 Å². The summed E-state index contributed by atoms with van der Waals surface area (Å²) in [7, 11) is 0. The summed E-state index contributed by atoms with van der Waals surface area (Å²) in [5.41, 5.74) is 10.2. The van der Waals surface area contributed by atoms with Crippen molar-refractivity contribution in [1.82, 2.24) is 19.5 Å². The summed E-state index contributed by atoms with van der Waals surface area (Å²) in [6, 6.07) is 0. The lowest BCUT2D eigenvalue weighted by atomic mass is 9.97. The van der Waals surface area contributed by atoms with E-state index in [2.05, 4.69) is 15.0 Å². The lowest BCUT2D eigenvalue weighted by Crippen LogP contribution is -2.51. The number of ether oxygens (including phenoxy) is 1. The van der Waals surface area contributed by atoms with Crippen LogP contribution in [0.5, 0.6) is 0 Å². The molecule has 0 saturated carbocycles. The number of imidazole rings is 1. The molecule has 0 aliphatic carbocycles. The van der Waals surface area contributed by atoms with Crippen LogP contribution in [0, 0.1) is 0 Å². The van der Waals surface area contributed by atoms with Gasteiger partial charge >= 0.3 is 0 Å². The number of aliphatic hydroxyl groups excluding tert-OH is 2. The van der Waals surface area contributed by atoms with Crippen molar-refractivity contribution in [2.45, 2.75) is 24.1 Å². The molecule has 2 aromatic rings. The van der Waals surface area contributed by atoms with Crippen molar-refractivity contribution in [2.75, 3.05) is 18.9 Å². The van der Waals surface area contributed by atoms with Crippen molar-refractivity contribution in [3.05, 3.63) is 12.7 Å². The van der Waals surface area contributed by atoms with Crippen molar-refractivity contribution >= 4 is 17.0 Å². The van der Waals surface area contributed by atoms with Gasteiger partial charge in [0.25, 0.3) is 0 Å². The highest BCUT2D eigenvalue weighted by Crippen LogP contribution is 2.39. The molecule has 6 N–H and O–H groups in total. The Morgan fingerprint density at radius 3 is 2.81 bits per heavy atom. The summed E-state index contributed by atoms with van der Waals surface area (Å²) in [4.78, 5) is 11.8. The summed E-state index contributed by atoms with van der Waals surface area (Å²) >= 11 is 0. The number of halogens is 1. The summed E-state index contributed by atoms with van der Waals surface area (Å²) < 4.78 is 21.2. The quantitative estimate of drug-likeness (QED) is 0.526. The van der Waals surface area contributed by atoms with Gasteiger partial charge in [0.05, 0.1) is 12.9 Å². The number of aliphatic hydroxyl groups is 2. The molecular formula is C11H15FN6O3. The van der Waals surface area contributed by atoms with E-state index in [0.717, 1.165) is 0 Å². The van der Waals surface area contributed by atoms with Crippen LogP contribution in [0.4, 0.5) is 10.2 Å². The second-order valence-electron chi connectivity index (χ2n) is 4.91. The van der Waals surface area contributed by atoms with Crippen molar-refractivity contribution in [3.63, 3.8) is 0 Å². The summed E-state index contributed by atoms with van der Waals surface area (Å²) in [6.07, 6.45) is -2.06. The molecule has 4 atom stereocenters. The number of nitrogens with two attached hydrogens (primary N) is 2. The minimum atomic E-state index is -1.80. The standard InChI is InChI=1S/C11H15FN6O3/c12-5-7(20)11(1-13,2-19)21-10(5)18-4-17-6-8(14)15-3-16-9(6)18/h3-5,7,10,19-20H,1-2,13H2,(H2,14,15,16)/t5-,7+,10?,11-/m1/s1. The molecule has 0 bridgehead atoms. The molecule has 3 heterocycles. The van der Waals surface area contributed by atoms with E-state index >= 15 is 0 Å². The van der Waals surface area contributed by atoms with Crippen LogP contribution in [0.2, 0.25) is 0 Å². The Bertz CT molecular complexity index is 660. The smallest absolute Gasteiger partial charge is 0.174 e. The third-order valence-corrected chi connectivity index (χ3v) is 3.74. The van der Waals surface area contributed by atoms with E-state index in [1.165, 1.54) is 17.2 Å². The second-order valence-corrected chi connectivity index (χ2v) is 4.91. The zero-order valence-corrected chi connectivity index (χ0v) is 10.9. The molecule has 1 saturated heterocycles. The summed E-state index contributed by atoms with van der Waals surface area (Å²) in [5, 5.41) is 19.3. The van der Waals surface area contributed by atoms with Crippen molar-refractivity contribution < 1.29 is 19.3 Å². The third kappa shape index (κ3) is 1.87. The molecule has 1 aliphatic heterocycles. The second kappa shape index (κ2) is 4.84. The van der Waals surface area contributed by atoms with Gasteiger partial charge < -0.3 is 26.4 Å². The van der Waals surface area contributed by atoms with Crippen LogP contribution in [0.15, 0.2) is 12.7 Å². The van der Waals surface area contributed by atoms with Gasteiger partial charge in [-0.05, 0) is 0 Å². The van der Waals surface area contributed by atoms with Crippen LogP contribution in [-0.2, 0) is 4.74 Å². The Morgan fingerprint density at radius 1 is 1.43 bits per heavy atom. The number of rotatable bonds is 3. The van der Waals surface area contributed by atoms with E-state index in [-0.39, 0.29) is 18.0 Å². The summed E-state index contributed by atoms with van der Waals surface area (Å²) in [6.45, 7) is -0.837. The van der Waals surface area contributed by atoms with Crippen molar-refractivity contribution in [2.24, 2.45) is 5.73 Å². The molecule has 10 heteroatoms. The van der Waals surface area contributed by atoms with E-state index in [1.807, 2.05) is 0 Å². The molecule has 21 heavy (non-hydrogen) atoms. The third-order valence-electron chi connectivity index (χ3n) is 3.74. The first-order valence-electron chi connectivity index (χ1n) is 6.28. The number of fused-ring (bicyclic) bond motifs is 1. The van der Waals surface area contributed by atoms with E-state index in [0.29, 0.717) is 5.52 Å². The van der Waals surface area contributed by atoms with E-state index < -0.39 is 30.7 Å². The predicted molar refractivity (Wildman–Crippen MR) is 69.6 cm³/mol. The maximum Gasteiger partial charge on any atom is 0.174 e. The van der Waals surface area contributed by atoms with Gasteiger partial charge in [0.2, 0.25) is 0 Å². The topological polar surface area (TPSA) is 145 Å². The molecule has 0 amide bonds. The molecule has 2 aromatic heterocycles. The highest BCUT2D eigenvalue weighted by atomic mass is 19.1. The Kier molecular flexibility index (Phi) is 3.24. The Morgan fingerprint density at radius 2 is 2.19 bits per heavy atom. The molecule has 0 spiro atoms. The number of hydrogen-bond donors (Lipinski definition) is 4. The van der Waals surface area contributed by atoms with E-state index in [4.69, 9.17) is 16.2 Å². The zero-order chi connectivity index (χ0) is 15.2. The lowest BCUT2D eigenvalue weighted by molar-refractivity contribution is -0.120. The summed E-state index contributed by atoms with van der Waals surface area (Å²) in [5.74, 6) is 0.153. The van der Waals surface area contributed by atoms with E-state index in [1.54, 1.807) is 0 Å². The number of hydrogen-bond acceptors (Lipinski definition) is 8. The fourth-order valence-electron chi connectivity index (χ4n) is 2.45. The maximum atomic E-state index is 14.4. The van der Waals surface area contributed by atoms with Crippen LogP contribution < -0.4 is 11.5 Å². The van der Waals surface area contributed by atoms with Crippen LogP contribution in [0.1, 0.15) is 6.23 Å². The van der Waals surface area contributed by atoms with Gasteiger partial charge in [0.1, 0.15) is 23.5 Å². The molecule has 9 nitrogen and oxygen atoms in total. The molecule has 3 rings (SSSR count). The van der Waals surface area contributed by atoms with Gasteiger partial charge in [0.15, 0.2) is 23.9 Å². The fourth-order valence-corrected chi connectivity index (χ4v) is 2.45. The van der Waals surface area contributed by atoms with Crippen LogP contribution in [0.3, 0.4) is 0 Å². The molecular weight excluding hydrogens is 283 g/mol. The molecule has 1 unspecified atom stereocenters. The van der Waals surface area contributed by atoms with Gasteiger partial charge in [-0.3, -0.25) is 4.57 Å². The Hall–Kier alpha value is -1.88. The largest absolute Gasteiger partial charge is 0.393 e. The van der Waals surface area contributed by atoms with E-state index in [9.17, 15) is 14.6 Å². The first-order valence-corrected chi connectivity index (χ1v) is 6.28. The first-order chi connectivity index (χ1) is 10.0. The predicted octanol–water partition coefficient (Wildman–Crippen LogP) is -1.67. The molecule has 0 aromatic carbocycles. The Labute approximate surface area is 118 Å². The van der Waals surface area contributed by atoms with Crippen LogP contribution in [-0.4, -0.2) is 60.8 Å². The van der Waals surface area contributed by atoms with Crippen LogP contribution >= 0.6 is 0 Å². The van der Waals surface area contributed by atoms with Crippen molar-refractivity contribution in [3.8, 4) is 0 Å². The average molecular weight is 298 g/mol. The maximum absolute atomic E-state index is 14.4. The van der Waals surface area contributed by atoms with Crippen LogP contribution in [0.25, 0.3) is 11.2 Å². The average Bonchev–Trinajstić information content (AvgIpc) is 3.02. The first kappa shape index (κ1) is 14.1. The number of anilines is 1. The fraction of sp³-hybridized carbons (Fsp3) is 0.545. The van der Waals surface area contributed by atoms with Gasteiger partial charge in [-0.1, -0.05) is 0 Å². The SMILES string of the molecule is NC[C@]1(CO)OC(n2cnc3c(N)ncnc32)[C@H](F)[C@@H]1O. The van der Waals surface area contributed by atoms with Gasteiger partial charge in [-0.2, -0.15) is 0 Å². The number of nitrogens with zero attached hydrogens (tertiary/aromatic N) is 4. The molecule has 0 radical (unpaired) electrons. The lowest BCUT2D eigenvalue weighted by Gasteiger charge is -2.27. The number of aromatic nitrogens is 4. The molecule has 114 valence electrons. The highest BCUT2D eigenvalue weighted by Gasteiger charge is 2.55. The normalized spacial score (nSPS) is 32.9. The number of alkyl halides is 1. The minimum absolute atomic E-state index is 0.153. The number of nitrogen functional groups attached to an aromatic ring is 1. The Balaban J connectivity index is 2.06. The monoisotopic (exact) mass is 298 g/mol. The highest BCUT2D eigenvalue weighted by molar-refractivity contribution is 5.81. The minimum Gasteiger partial charge on any atom is -0.393 e. The van der Waals surface area contributed by atoms with Gasteiger partial charge in [-0.25, -0.2) is 19.3 Å². The molecule has 1 aliphatic rings. The molecule has 1 fully saturated rings. The van der Waals surface area contributed by atoms with Gasteiger partial charge in [0, 0.05) is 6.54 Å². The van der Waals surface area contributed by atoms with Crippen molar-refractivity contribution in [1.29, 1.82) is 0 Å². The zero-order valence-electron chi connectivity index (χ0n) is 10.9.